The number of hydrogen-bond acceptors (Lipinski definition) is 7. The van der Waals surface area contributed by atoms with Crippen LogP contribution >= 0.6 is 11.3 Å². The molecule has 1 amide bonds. The van der Waals surface area contributed by atoms with Crippen LogP contribution in [-0.4, -0.2) is 32.4 Å². The summed E-state index contributed by atoms with van der Waals surface area (Å²) < 4.78 is 12.1. The van der Waals surface area contributed by atoms with Crippen molar-refractivity contribution in [1.82, 2.24) is 19.7 Å². The number of aryl methyl sites for hydroxylation is 1. The summed E-state index contributed by atoms with van der Waals surface area (Å²) in [6.07, 6.45) is 0.592. The quantitative estimate of drug-likeness (QED) is 0.498. The fourth-order valence-electron chi connectivity index (χ4n) is 3.18. The van der Waals surface area contributed by atoms with Crippen LogP contribution < -0.4 is 20.3 Å². The summed E-state index contributed by atoms with van der Waals surface area (Å²) in [6.45, 7) is 2.04. The van der Waals surface area contributed by atoms with Crippen LogP contribution in [0, 0.1) is 0 Å². The zero-order valence-electron chi connectivity index (χ0n) is 16.4. The van der Waals surface area contributed by atoms with Gasteiger partial charge in [0.15, 0.2) is 11.5 Å². The molecule has 3 aromatic heterocycles. The number of aromatic amines is 1. The number of hydrogen-bond donors (Lipinski definition) is 2. The third kappa shape index (κ3) is 3.68. The molecule has 0 saturated heterocycles. The van der Waals surface area contributed by atoms with Crippen molar-refractivity contribution in [2.45, 2.75) is 13.3 Å². The number of benzene rings is 1. The first kappa shape index (κ1) is 19.1. The van der Waals surface area contributed by atoms with Gasteiger partial charge < -0.3 is 14.8 Å². The van der Waals surface area contributed by atoms with Crippen LogP contribution in [0.1, 0.15) is 23.0 Å². The second kappa shape index (κ2) is 7.73. The van der Waals surface area contributed by atoms with Gasteiger partial charge in [0.05, 0.1) is 4.88 Å². The van der Waals surface area contributed by atoms with E-state index in [0.717, 1.165) is 4.88 Å². The van der Waals surface area contributed by atoms with Crippen molar-refractivity contribution in [2.75, 3.05) is 12.1 Å². The number of ether oxygens (including phenoxy) is 2. The van der Waals surface area contributed by atoms with Gasteiger partial charge in [-0.2, -0.15) is 9.78 Å². The second-order valence-corrected chi connectivity index (χ2v) is 7.69. The number of amides is 1. The summed E-state index contributed by atoms with van der Waals surface area (Å²) in [5.41, 5.74) is 1.39. The Balaban J connectivity index is 1.55. The largest absolute Gasteiger partial charge is 0.454 e. The first-order valence-corrected chi connectivity index (χ1v) is 10.4. The SMILES string of the molecule is CCc1cc(=O)[nH]c(-n2nc(-c3cccs3)cc2NC(=O)c2ccc3c(c2)OCO3)n1. The van der Waals surface area contributed by atoms with Gasteiger partial charge in [-0.05, 0) is 36.1 Å². The maximum Gasteiger partial charge on any atom is 0.256 e. The summed E-state index contributed by atoms with van der Waals surface area (Å²) in [5, 5.41) is 9.38. The molecule has 0 aliphatic carbocycles. The highest BCUT2D eigenvalue weighted by molar-refractivity contribution is 7.13. The lowest BCUT2D eigenvalue weighted by Gasteiger charge is -2.09. The van der Waals surface area contributed by atoms with E-state index in [1.165, 1.54) is 22.1 Å². The second-order valence-electron chi connectivity index (χ2n) is 6.74. The van der Waals surface area contributed by atoms with E-state index in [2.05, 4.69) is 20.4 Å². The fraction of sp³-hybridized carbons (Fsp3) is 0.143. The van der Waals surface area contributed by atoms with Crippen molar-refractivity contribution in [2.24, 2.45) is 0 Å². The normalized spacial score (nSPS) is 12.2. The molecule has 5 rings (SSSR count). The smallest absolute Gasteiger partial charge is 0.256 e. The standard InChI is InChI=1S/C21H17N5O4S/c1-2-13-9-19(27)24-21(22-13)26-18(10-14(25-26)17-4-3-7-31-17)23-20(28)12-5-6-15-16(8-12)30-11-29-15/h3-10H,2,11H2,1H3,(H,23,28)(H,22,24,27). The zero-order chi connectivity index (χ0) is 21.4. The highest BCUT2D eigenvalue weighted by atomic mass is 32.1. The predicted octanol–water partition coefficient (Wildman–Crippen LogP) is 3.23. The van der Waals surface area contributed by atoms with Gasteiger partial charge in [0.1, 0.15) is 11.5 Å². The number of carbonyl (C=O) groups is 1. The van der Waals surface area contributed by atoms with Crippen LogP contribution in [0.5, 0.6) is 11.5 Å². The van der Waals surface area contributed by atoms with Gasteiger partial charge >= 0.3 is 0 Å². The Bertz CT molecular complexity index is 1330. The molecule has 1 aliphatic rings. The van der Waals surface area contributed by atoms with Crippen molar-refractivity contribution in [3.8, 4) is 28.0 Å². The molecule has 0 saturated carbocycles. The molecule has 0 bridgehead atoms. The molecule has 1 aliphatic heterocycles. The van der Waals surface area contributed by atoms with Crippen LogP contribution in [0.25, 0.3) is 16.5 Å². The zero-order valence-corrected chi connectivity index (χ0v) is 17.2. The molecule has 4 heterocycles. The lowest BCUT2D eigenvalue weighted by atomic mass is 10.2. The Labute approximate surface area is 180 Å². The molecule has 9 nitrogen and oxygen atoms in total. The van der Waals surface area contributed by atoms with Gasteiger partial charge in [0.2, 0.25) is 12.7 Å². The molecule has 0 radical (unpaired) electrons. The van der Waals surface area contributed by atoms with Gasteiger partial charge in [-0.25, -0.2) is 4.98 Å². The Kier molecular flexibility index (Phi) is 4.75. The van der Waals surface area contributed by atoms with Crippen molar-refractivity contribution >= 4 is 23.1 Å². The average Bonchev–Trinajstić information content (AvgIpc) is 3.52. The molecule has 156 valence electrons. The van der Waals surface area contributed by atoms with Crippen molar-refractivity contribution in [3.63, 3.8) is 0 Å². The maximum atomic E-state index is 12.9. The molecule has 1 aromatic carbocycles. The predicted molar refractivity (Wildman–Crippen MR) is 115 cm³/mol. The maximum absolute atomic E-state index is 12.9. The third-order valence-electron chi connectivity index (χ3n) is 4.70. The van der Waals surface area contributed by atoms with E-state index in [4.69, 9.17) is 9.47 Å². The van der Waals surface area contributed by atoms with Crippen LogP contribution in [0.4, 0.5) is 5.82 Å². The minimum absolute atomic E-state index is 0.129. The number of nitrogens with zero attached hydrogens (tertiary/aromatic N) is 3. The highest BCUT2D eigenvalue weighted by Crippen LogP contribution is 2.33. The van der Waals surface area contributed by atoms with Gasteiger partial charge in [-0.15, -0.1) is 11.3 Å². The van der Waals surface area contributed by atoms with E-state index in [0.29, 0.717) is 40.7 Å². The molecular weight excluding hydrogens is 418 g/mol. The molecule has 10 heteroatoms. The van der Waals surface area contributed by atoms with Gasteiger partial charge in [-0.3, -0.25) is 14.6 Å². The van der Waals surface area contributed by atoms with E-state index >= 15 is 0 Å². The van der Waals surface area contributed by atoms with E-state index in [-0.39, 0.29) is 24.2 Å². The van der Waals surface area contributed by atoms with E-state index in [9.17, 15) is 9.59 Å². The molecule has 0 spiro atoms. The molecule has 2 N–H and O–H groups in total. The summed E-state index contributed by atoms with van der Waals surface area (Å²) >= 11 is 1.52. The van der Waals surface area contributed by atoms with Gasteiger partial charge in [-0.1, -0.05) is 13.0 Å². The van der Waals surface area contributed by atoms with E-state index in [1.807, 2.05) is 24.4 Å². The molecule has 0 unspecified atom stereocenters. The molecule has 4 aromatic rings. The number of H-pyrrole nitrogens is 1. The third-order valence-corrected chi connectivity index (χ3v) is 5.60. The van der Waals surface area contributed by atoms with Crippen molar-refractivity contribution in [1.29, 1.82) is 0 Å². The Morgan fingerprint density at radius 1 is 1.23 bits per heavy atom. The van der Waals surface area contributed by atoms with E-state index in [1.54, 1.807) is 24.3 Å². The number of rotatable bonds is 5. The molecule has 0 fully saturated rings. The number of carbonyl (C=O) groups excluding carboxylic acids is 1. The van der Waals surface area contributed by atoms with Crippen molar-refractivity contribution < 1.29 is 14.3 Å². The van der Waals surface area contributed by atoms with Gasteiger partial charge in [0, 0.05) is 23.4 Å². The first-order valence-electron chi connectivity index (χ1n) is 9.56. The van der Waals surface area contributed by atoms with Gasteiger partial charge in [0.25, 0.3) is 11.5 Å². The van der Waals surface area contributed by atoms with Crippen molar-refractivity contribution in [3.05, 3.63) is 69.5 Å². The number of anilines is 1. The lowest BCUT2D eigenvalue weighted by Crippen LogP contribution is -2.19. The number of fused-ring (bicyclic) bond motifs is 1. The minimum Gasteiger partial charge on any atom is -0.454 e. The monoisotopic (exact) mass is 435 g/mol. The van der Waals surface area contributed by atoms with E-state index < -0.39 is 0 Å². The van der Waals surface area contributed by atoms with Crippen LogP contribution in [0.3, 0.4) is 0 Å². The number of nitrogens with one attached hydrogen (secondary N) is 2. The minimum atomic E-state index is -0.355. The Morgan fingerprint density at radius 2 is 2.10 bits per heavy atom. The average molecular weight is 435 g/mol. The summed E-state index contributed by atoms with van der Waals surface area (Å²) in [7, 11) is 0. The highest BCUT2D eigenvalue weighted by Gasteiger charge is 2.20. The molecule has 31 heavy (non-hydrogen) atoms. The van der Waals surface area contributed by atoms with Crippen LogP contribution in [0.2, 0.25) is 0 Å². The fourth-order valence-corrected chi connectivity index (χ4v) is 3.86. The summed E-state index contributed by atoms with van der Waals surface area (Å²) in [5.74, 6) is 1.36. The number of thiophene rings is 1. The molecular formula is C21H17N5O4S. The van der Waals surface area contributed by atoms with Crippen LogP contribution in [0.15, 0.2) is 52.6 Å². The van der Waals surface area contributed by atoms with Crippen LogP contribution in [-0.2, 0) is 6.42 Å². The lowest BCUT2D eigenvalue weighted by molar-refractivity contribution is 0.102. The summed E-state index contributed by atoms with van der Waals surface area (Å²) in [6, 6.07) is 12.0. The Morgan fingerprint density at radius 3 is 2.90 bits per heavy atom. The first-order chi connectivity index (χ1) is 15.1. The topological polar surface area (TPSA) is 111 Å². The summed E-state index contributed by atoms with van der Waals surface area (Å²) in [4.78, 5) is 33.1. The number of aromatic nitrogens is 4. The molecule has 0 atom stereocenters. The Hall–Kier alpha value is -3.92.